The lowest BCUT2D eigenvalue weighted by atomic mass is 10.1. The number of H-pyrrole nitrogens is 1. The van der Waals surface area contributed by atoms with Gasteiger partial charge in [-0.2, -0.15) is 5.26 Å². The molecule has 4 atom stereocenters. The minimum atomic E-state index is -0.814. The molecule has 112 valence electrons. The Morgan fingerprint density at radius 1 is 1.33 bits per heavy atom. The quantitative estimate of drug-likeness (QED) is 0.771. The molecule has 2 saturated heterocycles. The summed E-state index contributed by atoms with van der Waals surface area (Å²) in [4.78, 5) is 25.5. The molecule has 1 aromatic heterocycles. The predicted octanol–water partition coefficient (Wildman–Crippen LogP) is -0.154. The average molecular weight is 293 g/mol. The first kappa shape index (κ1) is 14.0. The lowest BCUT2D eigenvalue weighted by molar-refractivity contribution is -0.195. The number of fused-ring (bicyclic) bond motifs is 1. The van der Waals surface area contributed by atoms with Gasteiger partial charge >= 0.3 is 5.69 Å². The normalized spacial score (nSPS) is 33.6. The van der Waals surface area contributed by atoms with Crippen molar-refractivity contribution < 1.29 is 14.2 Å². The predicted molar refractivity (Wildman–Crippen MR) is 69.4 cm³/mol. The minimum absolute atomic E-state index is 0.0742. The Kier molecular flexibility index (Phi) is 3.02. The van der Waals surface area contributed by atoms with Gasteiger partial charge in [-0.05, 0) is 20.8 Å². The van der Waals surface area contributed by atoms with E-state index in [2.05, 4.69) is 4.98 Å². The van der Waals surface area contributed by atoms with Crippen LogP contribution in [0.15, 0.2) is 15.7 Å². The number of ether oxygens (including phenoxy) is 3. The third-order valence-corrected chi connectivity index (χ3v) is 3.61. The molecule has 0 saturated carbocycles. The number of rotatable bonds is 1. The largest absolute Gasteiger partial charge is 0.349 e. The first-order valence-corrected chi connectivity index (χ1v) is 6.59. The van der Waals surface area contributed by atoms with Crippen LogP contribution in [-0.4, -0.2) is 33.7 Å². The molecule has 1 N–H and O–H groups in total. The molecule has 2 aliphatic rings. The molecule has 3 heterocycles. The smallest absolute Gasteiger partial charge is 0.331 e. The van der Waals surface area contributed by atoms with E-state index in [-0.39, 0.29) is 17.9 Å². The van der Waals surface area contributed by atoms with Crippen LogP contribution in [-0.2, 0) is 14.2 Å². The van der Waals surface area contributed by atoms with Crippen LogP contribution in [0, 0.1) is 11.3 Å². The lowest BCUT2D eigenvalue weighted by Crippen LogP contribution is -2.39. The molecule has 0 radical (unpaired) electrons. The van der Waals surface area contributed by atoms with Crippen LogP contribution in [0.3, 0.4) is 0 Å². The van der Waals surface area contributed by atoms with Gasteiger partial charge in [0.2, 0.25) is 0 Å². The summed E-state index contributed by atoms with van der Waals surface area (Å²) in [5, 5.41) is 9.15. The summed E-state index contributed by atoms with van der Waals surface area (Å²) in [6.07, 6.45) is -1.97. The molecule has 21 heavy (non-hydrogen) atoms. The zero-order valence-electron chi connectivity index (χ0n) is 11.8. The van der Waals surface area contributed by atoms with Gasteiger partial charge in [0.1, 0.15) is 24.0 Å². The molecule has 8 heteroatoms. The van der Waals surface area contributed by atoms with E-state index in [4.69, 9.17) is 19.5 Å². The molecule has 0 bridgehead atoms. The number of hydrogen-bond donors (Lipinski definition) is 1. The highest BCUT2D eigenvalue weighted by atomic mass is 16.8. The maximum atomic E-state index is 12.0. The first-order valence-electron chi connectivity index (χ1n) is 6.59. The lowest BCUT2D eigenvalue weighted by Gasteiger charge is -2.24. The Morgan fingerprint density at radius 2 is 2.00 bits per heavy atom. The van der Waals surface area contributed by atoms with Crippen LogP contribution < -0.4 is 11.2 Å². The number of aromatic amines is 1. The summed E-state index contributed by atoms with van der Waals surface area (Å²) >= 11 is 0. The van der Waals surface area contributed by atoms with Crippen molar-refractivity contribution in [3.63, 3.8) is 0 Å². The number of aromatic nitrogens is 2. The fraction of sp³-hybridized carbons (Fsp3) is 0.615. The zero-order valence-corrected chi connectivity index (χ0v) is 11.8. The fourth-order valence-electron chi connectivity index (χ4n) is 2.83. The minimum Gasteiger partial charge on any atom is -0.349 e. The molecule has 1 aromatic rings. The van der Waals surface area contributed by atoms with Crippen molar-refractivity contribution in [2.45, 2.75) is 51.1 Å². The Balaban J connectivity index is 2.09. The van der Waals surface area contributed by atoms with Gasteiger partial charge in [0, 0.05) is 6.07 Å². The highest BCUT2D eigenvalue weighted by molar-refractivity contribution is 5.20. The standard InChI is InChI=1S/C13H15N3O5/c1-6-9-10(21-13(2,3)20-9)11(19-6)16-7(5-14)4-8(17)15-12(16)18/h4,6,9-11H,1-3H3,(H,15,17,18)/t6-,9-,10-,11-/m1/s1. The molecule has 2 aliphatic heterocycles. The number of hydrogen-bond acceptors (Lipinski definition) is 6. The highest BCUT2D eigenvalue weighted by Crippen LogP contribution is 2.42. The van der Waals surface area contributed by atoms with Crippen molar-refractivity contribution in [3.8, 4) is 6.07 Å². The van der Waals surface area contributed by atoms with Gasteiger partial charge in [0.15, 0.2) is 12.0 Å². The van der Waals surface area contributed by atoms with Gasteiger partial charge in [0.05, 0.1) is 6.10 Å². The summed E-state index contributed by atoms with van der Waals surface area (Å²) in [7, 11) is 0. The summed E-state index contributed by atoms with van der Waals surface area (Å²) < 4.78 is 18.4. The van der Waals surface area contributed by atoms with E-state index in [1.54, 1.807) is 13.8 Å². The van der Waals surface area contributed by atoms with E-state index in [0.717, 1.165) is 10.6 Å². The Morgan fingerprint density at radius 3 is 2.67 bits per heavy atom. The van der Waals surface area contributed by atoms with Crippen molar-refractivity contribution >= 4 is 0 Å². The zero-order chi connectivity index (χ0) is 15.4. The van der Waals surface area contributed by atoms with Crippen LogP contribution in [0.1, 0.15) is 32.7 Å². The van der Waals surface area contributed by atoms with E-state index in [9.17, 15) is 9.59 Å². The first-order chi connectivity index (χ1) is 9.82. The molecule has 0 aromatic carbocycles. The fourth-order valence-corrected chi connectivity index (χ4v) is 2.83. The van der Waals surface area contributed by atoms with Gasteiger partial charge in [0.25, 0.3) is 5.56 Å². The van der Waals surface area contributed by atoms with E-state index < -0.39 is 29.4 Å². The monoisotopic (exact) mass is 293 g/mol. The topological polar surface area (TPSA) is 106 Å². The number of nitrogens with zero attached hydrogens (tertiary/aromatic N) is 2. The Bertz CT molecular complexity index is 729. The molecule has 0 spiro atoms. The van der Waals surface area contributed by atoms with Crippen molar-refractivity contribution in [1.82, 2.24) is 9.55 Å². The van der Waals surface area contributed by atoms with Crippen molar-refractivity contribution in [2.24, 2.45) is 0 Å². The van der Waals surface area contributed by atoms with E-state index >= 15 is 0 Å². The van der Waals surface area contributed by atoms with E-state index in [0.29, 0.717) is 0 Å². The second-order valence-corrected chi connectivity index (χ2v) is 5.60. The van der Waals surface area contributed by atoms with Gasteiger partial charge in [-0.3, -0.25) is 14.3 Å². The molecule has 2 fully saturated rings. The van der Waals surface area contributed by atoms with E-state index in [1.165, 1.54) is 0 Å². The van der Waals surface area contributed by atoms with Crippen LogP contribution in [0.25, 0.3) is 0 Å². The Hall–Kier alpha value is -1.95. The number of nitriles is 1. The van der Waals surface area contributed by atoms with E-state index in [1.807, 2.05) is 13.0 Å². The molecule has 0 unspecified atom stereocenters. The molecular formula is C13H15N3O5. The molecular weight excluding hydrogens is 278 g/mol. The molecule has 0 aliphatic carbocycles. The maximum absolute atomic E-state index is 12.0. The third-order valence-electron chi connectivity index (χ3n) is 3.61. The van der Waals surface area contributed by atoms with Crippen molar-refractivity contribution in [1.29, 1.82) is 5.26 Å². The molecule has 3 rings (SSSR count). The Labute approximate surface area is 119 Å². The van der Waals surface area contributed by atoms with Crippen LogP contribution in [0.5, 0.6) is 0 Å². The summed E-state index contributed by atoms with van der Waals surface area (Å²) in [6.45, 7) is 5.36. The van der Waals surface area contributed by atoms with Crippen molar-refractivity contribution in [2.75, 3.05) is 0 Å². The second kappa shape index (κ2) is 4.53. The summed E-state index contributed by atoms with van der Waals surface area (Å²) in [5.41, 5.74) is -1.40. The summed E-state index contributed by atoms with van der Waals surface area (Å²) in [5.74, 6) is -0.787. The number of nitrogens with one attached hydrogen (secondary N) is 1. The van der Waals surface area contributed by atoms with Gasteiger partial charge in [-0.25, -0.2) is 4.79 Å². The third kappa shape index (κ3) is 2.19. The van der Waals surface area contributed by atoms with Crippen LogP contribution >= 0.6 is 0 Å². The van der Waals surface area contributed by atoms with Crippen molar-refractivity contribution in [3.05, 3.63) is 32.6 Å². The van der Waals surface area contributed by atoms with Crippen LogP contribution in [0.2, 0.25) is 0 Å². The maximum Gasteiger partial charge on any atom is 0.331 e. The molecule has 0 amide bonds. The van der Waals surface area contributed by atoms with Gasteiger partial charge < -0.3 is 14.2 Å². The second-order valence-electron chi connectivity index (χ2n) is 5.60. The molecule has 8 nitrogen and oxygen atoms in total. The summed E-state index contributed by atoms with van der Waals surface area (Å²) in [6, 6.07) is 2.90. The van der Waals surface area contributed by atoms with Gasteiger partial charge in [-0.1, -0.05) is 0 Å². The highest BCUT2D eigenvalue weighted by Gasteiger charge is 2.55. The SMILES string of the molecule is C[C@H]1O[C@@H](n2c(C#N)cc(=O)[nH]c2=O)[C@@H]2OC(C)(C)O[C@@H]21. The average Bonchev–Trinajstić information content (AvgIpc) is 2.84. The van der Waals surface area contributed by atoms with Crippen LogP contribution in [0.4, 0.5) is 0 Å². The van der Waals surface area contributed by atoms with Gasteiger partial charge in [-0.15, -0.1) is 0 Å².